The highest BCUT2D eigenvalue weighted by Crippen LogP contribution is 2.16. The fourth-order valence-electron chi connectivity index (χ4n) is 2.47. The molecule has 1 aromatic carbocycles. The van der Waals surface area contributed by atoms with Crippen LogP contribution in [0.4, 0.5) is 0 Å². The molecule has 0 spiro atoms. The fraction of sp³-hybridized carbons (Fsp3) is 0.611. The molecule has 1 fully saturated rings. The van der Waals surface area contributed by atoms with Crippen molar-refractivity contribution in [1.29, 1.82) is 0 Å². The Kier molecular flexibility index (Phi) is 6.25. The van der Waals surface area contributed by atoms with Crippen molar-refractivity contribution < 1.29 is 14.3 Å². The summed E-state index contributed by atoms with van der Waals surface area (Å²) in [5.41, 5.74) is 1.01. The van der Waals surface area contributed by atoms with Gasteiger partial charge in [0.2, 0.25) is 5.91 Å². The summed E-state index contributed by atoms with van der Waals surface area (Å²) in [6, 6.07) is 7.80. The molecule has 0 aromatic heterocycles. The Morgan fingerprint density at radius 1 is 1.36 bits per heavy atom. The first kappa shape index (κ1) is 16.8. The van der Waals surface area contributed by atoms with E-state index < -0.39 is 0 Å². The van der Waals surface area contributed by atoms with E-state index in [0.717, 1.165) is 30.8 Å². The molecule has 1 saturated heterocycles. The van der Waals surface area contributed by atoms with Gasteiger partial charge >= 0.3 is 0 Å². The van der Waals surface area contributed by atoms with Crippen LogP contribution in [0.5, 0.6) is 5.75 Å². The third-order valence-corrected chi connectivity index (χ3v) is 3.79. The Bertz CT molecular complexity index is 464. The quantitative estimate of drug-likeness (QED) is 0.777. The highest BCUT2D eigenvalue weighted by Gasteiger charge is 2.20. The number of rotatable bonds is 7. The lowest BCUT2D eigenvalue weighted by Crippen LogP contribution is -2.35. The Morgan fingerprint density at radius 2 is 2.09 bits per heavy atom. The van der Waals surface area contributed by atoms with Crippen molar-refractivity contribution in [2.45, 2.75) is 39.2 Å². The molecule has 1 atom stereocenters. The maximum absolute atomic E-state index is 12.2. The zero-order valence-corrected chi connectivity index (χ0v) is 13.9. The van der Waals surface area contributed by atoms with Gasteiger partial charge in [-0.2, -0.15) is 0 Å². The number of ether oxygens (including phenoxy) is 2. The molecule has 0 bridgehead atoms. The molecule has 0 N–H and O–H groups in total. The maximum Gasteiger partial charge on any atom is 0.226 e. The van der Waals surface area contributed by atoms with Gasteiger partial charge < -0.3 is 14.4 Å². The second-order valence-corrected chi connectivity index (χ2v) is 6.43. The summed E-state index contributed by atoms with van der Waals surface area (Å²) in [7, 11) is 1.85. The Morgan fingerprint density at radius 3 is 2.68 bits per heavy atom. The van der Waals surface area contributed by atoms with E-state index in [1.54, 1.807) is 4.90 Å². The van der Waals surface area contributed by atoms with E-state index in [4.69, 9.17) is 9.47 Å². The molecule has 1 aliphatic heterocycles. The van der Waals surface area contributed by atoms with E-state index in [2.05, 4.69) is 13.8 Å². The lowest BCUT2D eigenvalue weighted by Gasteiger charge is -2.21. The molecule has 1 amide bonds. The largest absolute Gasteiger partial charge is 0.493 e. The van der Waals surface area contributed by atoms with Crippen molar-refractivity contribution in [3.63, 3.8) is 0 Å². The average Bonchev–Trinajstić information content (AvgIpc) is 2.99. The summed E-state index contributed by atoms with van der Waals surface area (Å²) in [4.78, 5) is 14.0. The molecular formula is C18H27NO3. The number of nitrogens with zero attached hydrogens (tertiary/aromatic N) is 1. The van der Waals surface area contributed by atoms with Gasteiger partial charge in [0.05, 0.1) is 19.1 Å². The van der Waals surface area contributed by atoms with Gasteiger partial charge in [-0.1, -0.05) is 26.0 Å². The topological polar surface area (TPSA) is 38.8 Å². The molecule has 0 radical (unpaired) electrons. The minimum atomic E-state index is 0.131. The molecule has 1 aliphatic rings. The monoisotopic (exact) mass is 305 g/mol. The molecule has 0 aliphatic carbocycles. The third-order valence-electron chi connectivity index (χ3n) is 3.79. The van der Waals surface area contributed by atoms with Gasteiger partial charge in [-0.05, 0) is 36.5 Å². The van der Waals surface area contributed by atoms with Crippen LogP contribution in [0, 0.1) is 5.92 Å². The second kappa shape index (κ2) is 8.18. The summed E-state index contributed by atoms with van der Waals surface area (Å²) < 4.78 is 11.2. The molecule has 1 aromatic rings. The number of carbonyl (C=O) groups excluding carboxylic acids is 1. The van der Waals surface area contributed by atoms with Crippen LogP contribution < -0.4 is 4.74 Å². The van der Waals surface area contributed by atoms with Crippen molar-refractivity contribution in [2.75, 3.05) is 26.8 Å². The smallest absolute Gasteiger partial charge is 0.226 e. The van der Waals surface area contributed by atoms with Gasteiger partial charge in [-0.25, -0.2) is 0 Å². The van der Waals surface area contributed by atoms with Crippen molar-refractivity contribution in [1.82, 2.24) is 4.90 Å². The van der Waals surface area contributed by atoms with E-state index >= 15 is 0 Å². The Hall–Kier alpha value is -1.55. The number of hydrogen-bond donors (Lipinski definition) is 0. The van der Waals surface area contributed by atoms with Gasteiger partial charge in [-0.15, -0.1) is 0 Å². The van der Waals surface area contributed by atoms with Gasteiger partial charge in [0.15, 0.2) is 0 Å². The summed E-state index contributed by atoms with van der Waals surface area (Å²) >= 11 is 0. The predicted molar refractivity (Wildman–Crippen MR) is 87.1 cm³/mol. The van der Waals surface area contributed by atoms with Crippen LogP contribution in [-0.2, 0) is 16.0 Å². The number of benzene rings is 1. The number of carbonyl (C=O) groups is 1. The molecule has 0 unspecified atom stereocenters. The van der Waals surface area contributed by atoms with Crippen LogP contribution >= 0.6 is 0 Å². The van der Waals surface area contributed by atoms with Gasteiger partial charge in [0.25, 0.3) is 0 Å². The summed E-state index contributed by atoms with van der Waals surface area (Å²) in [6.45, 7) is 6.47. The lowest BCUT2D eigenvalue weighted by atomic mass is 10.1. The van der Waals surface area contributed by atoms with E-state index in [9.17, 15) is 4.79 Å². The first-order valence-electron chi connectivity index (χ1n) is 8.12. The molecule has 4 nitrogen and oxygen atoms in total. The molecular weight excluding hydrogens is 278 g/mol. The van der Waals surface area contributed by atoms with E-state index in [1.165, 1.54) is 0 Å². The predicted octanol–water partition coefficient (Wildman–Crippen LogP) is 2.90. The fourth-order valence-corrected chi connectivity index (χ4v) is 2.47. The lowest BCUT2D eigenvalue weighted by molar-refractivity contribution is -0.130. The average molecular weight is 305 g/mol. The normalized spacial score (nSPS) is 17.7. The van der Waals surface area contributed by atoms with Crippen molar-refractivity contribution >= 4 is 5.91 Å². The van der Waals surface area contributed by atoms with Gasteiger partial charge in [0, 0.05) is 20.2 Å². The highest BCUT2D eigenvalue weighted by atomic mass is 16.5. The molecule has 1 heterocycles. The number of amides is 1. The van der Waals surface area contributed by atoms with Crippen LogP contribution in [0.15, 0.2) is 24.3 Å². The molecule has 2 rings (SSSR count). The van der Waals surface area contributed by atoms with Crippen molar-refractivity contribution in [3.8, 4) is 5.75 Å². The van der Waals surface area contributed by atoms with Gasteiger partial charge in [0.1, 0.15) is 5.75 Å². The zero-order chi connectivity index (χ0) is 15.9. The molecule has 122 valence electrons. The highest BCUT2D eigenvalue weighted by molar-refractivity contribution is 5.78. The van der Waals surface area contributed by atoms with Crippen LogP contribution in [-0.4, -0.2) is 43.7 Å². The Labute approximate surface area is 133 Å². The minimum Gasteiger partial charge on any atom is -0.493 e. The molecule has 22 heavy (non-hydrogen) atoms. The van der Waals surface area contributed by atoms with Crippen LogP contribution in [0.3, 0.4) is 0 Å². The minimum absolute atomic E-state index is 0.131. The zero-order valence-electron chi connectivity index (χ0n) is 13.9. The van der Waals surface area contributed by atoms with Crippen molar-refractivity contribution in [3.05, 3.63) is 29.8 Å². The van der Waals surface area contributed by atoms with E-state index in [-0.39, 0.29) is 12.0 Å². The SMILES string of the molecule is CC(C)COc1ccc(CC(=O)N(C)C[C@@H]2CCCO2)cc1. The van der Waals surface area contributed by atoms with Gasteiger partial charge in [-0.3, -0.25) is 4.79 Å². The molecule has 0 saturated carbocycles. The van der Waals surface area contributed by atoms with E-state index in [1.807, 2.05) is 31.3 Å². The first-order valence-corrected chi connectivity index (χ1v) is 8.12. The standard InChI is InChI=1S/C18H27NO3/c1-14(2)13-22-16-8-6-15(7-9-16)11-18(20)19(3)12-17-5-4-10-21-17/h6-9,14,17H,4-5,10-13H2,1-3H3/t17-/m0/s1. The third kappa shape index (κ3) is 5.34. The molecule has 4 heteroatoms. The van der Waals surface area contributed by atoms with Crippen molar-refractivity contribution in [2.24, 2.45) is 5.92 Å². The van der Waals surface area contributed by atoms with Crippen LogP contribution in [0.25, 0.3) is 0 Å². The first-order chi connectivity index (χ1) is 10.5. The number of hydrogen-bond acceptors (Lipinski definition) is 3. The second-order valence-electron chi connectivity index (χ2n) is 6.43. The maximum atomic E-state index is 12.2. The van der Waals surface area contributed by atoms with Crippen LogP contribution in [0.2, 0.25) is 0 Å². The summed E-state index contributed by atoms with van der Waals surface area (Å²) in [6.07, 6.45) is 2.79. The van der Waals surface area contributed by atoms with E-state index in [0.29, 0.717) is 25.5 Å². The Balaban J connectivity index is 1.80. The van der Waals surface area contributed by atoms with Crippen LogP contribution in [0.1, 0.15) is 32.3 Å². The summed E-state index contributed by atoms with van der Waals surface area (Å²) in [5, 5.41) is 0. The summed E-state index contributed by atoms with van der Waals surface area (Å²) in [5.74, 6) is 1.50. The number of likely N-dealkylation sites (N-methyl/N-ethyl adjacent to an activating group) is 1.